The van der Waals surface area contributed by atoms with Crippen LogP contribution in [0.4, 0.5) is 11.5 Å². The van der Waals surface area contributed by atoms with Crippen molar-refractivity contribution < 1.29 is 8.42 Å². The highest BCUT2D eigenvalue weighted by molar-refractivity contribution is 7.92. The molecule has 0 saturated heterocycles. The number of sulfonamides is 1. The molecule has 15 heavy (non-hydrogen) atoms. The zero-order chi connectivity index (χ0) is 11.3. The molecule has 0 unspecified atom stereocenters. The van der Waals surface area contributed by atoms with Crippen molar-refractivity contribution >= 4 is 21.5 Å². The van der Waals surface area contributed by atoms with E-state index in [0.717, 1.165) is 6.42 Å². The Labute approximate surface area is 89.8 Å². The number of nitrogens with one attached hydrogen (secondary N) is 1. The summed E-state index contributed by atoms with van der Waals surface area (Å²) in [5, 5.41) is 0. The van der Waals surface area contributed by atoms with Crippen molar-refractivity contribution in [2.24, 2.45) is 0 Å². The molecule has 0 saturated carbocycles. The Morgan fingerprint density at radius 2 is 2.20 bits per heavy atom. The van der Waals surface area contributed by atoms with Gasteiger partial charge in [-0.25, -0.2) is 13.4 Å². The van der Waals surface area contributed by atoms with Crippen LogP contribution in [0.25, 0.3) is 0 Å². The van der Waals surface area contributed by atoms with Gasteiger partial charge in [-0.05, 0) is 18.6 Å². The number of aromatic nitrogens is 1. The summed E-state index contributed by atoms with van der Waals surface area (Å²) < 4.78 is 25.4. The zero-order valence-electron chi connectivity index (χ0n) is 8.60. The van der Waals surface area contributed by atoms with Crippen LogP contribution in [-0.2, 0) is 10.0 Å². The largest absolute Gasteiger partial charge is 0.384 e. The summed E-state index contributed by atoms with van der Waals surface area (Å²) in [6.07, 6.45) is 2.90. The summed E-state index contributed by atoms with van der Waals surface area (Å²) >= 11 is 0. The summed E-state index contributed by atoms with van der Waals surface area (Å²) in [7, 11) is -3.24. The average molecular weight is 229 g/mol. The summed E-state index contributed by atoms with van der Waals surface area (Å²) in [6, 6.07) is 3.14. The van der Waals surface area contributed by atoms with Crippen molar-refractivity contribution in [1.29, 1.82) is 0 Å². The molecule has 5 nitrogen and oxygen atoms in total. The average Bonchev–Trinajstić information content (AvgIpc) is 2.18. The molecule has 0 bridgehead atoms. The number of hydrogen-bond acceptors (Lipinski definition) is 4. The van der Waals surface area contributed by atoms with E-state index in [1.165, 1.54) is 6.20 Å². The van der Waals surface area contributed by atoms with Crippen molar-refractivity contribution in [3.63, 3.8) is 0 Å². The van der Waals surface area contributed by atoms with Crippen LogP contribution in [0.2, 0.25) is 0 Å². The SMILES string of the molecule is CCCCS(=O)(=O)Nc1ccc(N)nc1. The van der Waals surface area contributed by atoms with Crippen LogP contribution >= 0.6 is 0 Å². The van der Waals surface area contributed by atoms with E-state index in [-0.39, 0.29) is 5.75 Å². The lowest BCUT2D eigenvalue weighted by atomic mass is 10.4. The van der Waals surface area contributed by atoms with Gasteiger partial charge in [0.2, 0.25) is 10.0 Å². The number of rotatable bonds is 5. The standard InChI is InChI=1S/C9H15N3O2S/c1-2-3-6-15(13,14)12-8-4-5-9(10)11-7-8/h4-5,7,12H,2-3,6H2,1H3,(H2,10,11). The highest BCUT2D eigenvalue weighted by atomic mass is 32.2. The molecule has 0 fully saturated rings. The van der Waals surface area contributed by atoms with Gasteiger partial charge in [0.15, 0.2) is 0 Å². The van der Waals surface area contributed by atoms with Crippen LogP contribution in [0.1, 0.15) is 19.8 Å². The molecule has 0 atom stereocenters. The highest BCUT2D eigenvalue weighted by Crippen LogP contribution is 2.09. The predicted octanol–water partition coefficient (Wildman–Crippen LogP) is 1.21. The van der Waals surface area contributed by atoms with Gasteiger partial charge in [0, 0.05) is 0 Å². The summed E-state index contributed by atoms with van der Waals surface area (Å²) in [5.41, 5.74) is 5.83. The number of anilines is 2. The first-order valence-corrected chi connectivity index (χ1v) is 6.41. The summed E-state index contributed by atoms with van der Waals surface area (Å²) in [4.78, 5) is 3.79. The maximum absolute atomic E-state index is 11.5. The van der Waals surface area contributed by atoms with Gasteiger partial charge in [-0.2, -0.15) is 0 Å². The van der Waals surface area contributed by atoms with Crippen molar-refractivity contribution in [2.75, 3.05) is 16.2 Å². The van der Waals surface area contributed by atoms with Gasteiger partial charge in [0.1, 0.15) is 5.82 Å². The Morgan fingerprint density at radius 3 is 2.73 bits per heavy atom. The van der Waals surface area contributed by atoms with Crippen molar-refractivity contribution in [1.82, 2.24) is 4.98 Å². The highest BCUT2D eigenvalue weighted by Gasteiger charge is 2.09. The van der Waals surface area contributed by atoms with Gasteiger partial charge in [-0.1, -0.05) is 13.3 Å². The smallest absolute Gasteiger partial charge is 0.232 e. The van der Waals surface area contributed by atoms with Crippen LogP contribution in [0.5, 0.6) is 0 Å². The quantitative estimate of drug-likeness (QED) is 0.794. The number of nitrogens with two attached hydrogens (primary N) is 1. The maximum atomic E-state index is 11.5. The van der Waals surface area contributed by atoms with Gasteiger partial charge in [0.05, 0.1) is 17.6 Å². The van der Waals surface area contributed by atoms with Crippen LogP contribution in [0, 0.1) is 0 Å². The molecule has 0 radical (unpaired) electrons. The minimum absolute atomic E-state index is 0.133. The van der Waals surface area contributed by atoms with Gasteiger partial charge in [0.25, 0.3) is 0 Å². The number of unbranched alkanes of at least 4 members (excludes halogenated alkanes) is 1. The van der Waals surface area contributed by atoms with E-state index in [0.29, 0.717) is 17.9 Å². The Hall–Kier alpha value is -1.30. The van der Waals surface area contributed by atoms with Crippen LogP contribution in [0.3, 0.4) is 0 Å². The molecular formula is C9H15N3O2S. The minimum Gasteiger partial charge on any atom is -0.384 e. The fourth-order valence-corrected chi connectivity index (χ4v) is 2.28. The maximum Gasteiger partial charge on any atom is 0.232 e. The molecule has 0 aliphatic heterocycles. The molecule has 0 spiro atoms. The lowest BCUT2D eigenvalue weighted by Crippen LogP contribution is -2.16. The molecule has 1 heterocycles. The van der Waals surface area contributed by atoms with E-state index < -0.39 is 10.0 Å². The fourth-order valence-electron chi connectivity index (χ4n) is 1.03. The Bertz CT molecular complexity index is 400. The topological polar surface area (TPSA) is 85.1 Å². The normalized spacial score (nSPS) is 11.3. The number of nitrogen functional groups attached to an aromatic ring is 1. The number of pyridine rings is 1. The third kappa shape index (κ3) is 4.16. The van der Waals surface area contributed by atoms with Crippen LogP contribution in [0.15, 0.2) is 18.3 Å². The Kier molecular flexibility index (Phi) is 3.90. The number of nitrogens with zero attached hydrogens (tertiary/aromatic N) is 1. The third-order valence-electron chi connectivity index (χ3n) is 1.83. The minimum atomic E-state index is -3.24. The van der Waals surface area contributed by atoms with E-state index in [4.69, 9.17) is 5.73 Å². The summed E-state index contributed by atoms with van der Waals surface area (Å²) in [6.45, 7) is 1.94. The predicted molar refractivity (Wildman–Crippen MR) is 61.0 cm³/mol. The zero-order valence-corrected chi connectivity index (χ0v) is 9.42. The molecule has 6 heteroatoms. The molecule has 0 aliphatic carbocycles. The lowest BCUT2D eigenvalue weighted by Gasteiger charge is -2.06. The lowest BCUT2D eigenvalue weighted by molar-refractivity contribution is 0.598. The van der Waals surface area contributed by atoms with Gasteiger partial charge >= 0.3 is 0 Å². The van der Waals surface area contributed by atoms with Crippen LogP contribution in [-0.4, -0.2) is 19.2 Å². The summed E-state index contributed by atoms with van der Waals surface area (Å²) in [5.74, 6) is 0.500. The van der Waals surface area contributed by atoms with E-state index >= 15 is 0 Å². The Balaban J connectivity index is 2.65. The van der Waals surface area contributed by atoms with Crippen molar-refractivity contribution in [3.8, 4) is 0 Å². The first-order valence-electron chi connectivity index (χ1n) is 4.75. The van der Waals surface area contributed by atoms with Crippen molar-refractivity contribution in [3.05, 3.63) is 18.3 Å². The molecule has 0 aliphatic rings. The second-order valence-electron chi connectivity index (χ2n) is 3.25. The number of hydrogen-bond donors (Lipinski definition) is 2. The van der Waals surface area contributed by atoms with E-state index in [1.54, 1.807) is 12.1 Å². The van der Waals surface area contributed by atoms with E-state index in [9.17, 15) is 8.42 Å². The van der Waals surface area contributed by atoms with Gasteiger partial charge in [-0.3, -0.25) is 4.72 Å². The second kappa shape index (κ2) is 4.97. The van der Waals surface area contributed by atoms with Gasteiger partial charge in [-0.15, -0.1) is 0 Å². The van der Waals surface area contributed by atoms with E-state index in [2.05, 4.69) is 9.71 Å². The molecule has 1 aromatic heterocycles. The first kappa shape index (κ1) is 11.8. The Morgan fingerprint density at radius 1 is 1.47 bits per heavy atom. The fraction of sp³-hybridized carbons (Fsp3) is 0.444. The second-order valence-corrected chi connectivity index (χ2v) is 5.09. The monoisotopic (exact) mass is 229 g/mol. The molecular weight excluding hydrogens is 214 g/mol. The first-order chi connectivity index (χ1) is 7.03. The third-order valence-corrected chi connectivity index (χ3v) is 3.20. The molecule has 3 N–H and O–H groups in total. The molecule has 1 rings (SSSR count). The van der Waals surface area contributed by atoms with Gasteiger partial charge < -0.3 is 5.73 Å². The van der Waals surface area contributed by atoms with E-state index in [1.807, 2.05) is 6.92 Å². The molecule has 0 amide bonds. The van der Waals surface area contributed by atoms with Crippen LogP contribution < -0.4 is 10.5 Å². The molecule has 0 aromatic carbocycles. The molecule has 1 aromatic rings. The van der Waals surface area contributed by atoms with Crippen molar-refractivity contribution in [2.45, 2.75) is 19.8 Å². The molecule has 84 valence electrons.